The van der Waals surface area contributed by atoms with Gasteiger partial charge in [-0.05, 0) is 61.4 Å². The molecule has 0 radical (unpaired) electrons. The van der Waals surface area contributed by atoms with Gasteiger partial charge >= 0.3 is 0 Å². The lowest BCUT2D eigenvalue weighted by Crippen LogP contribution is -1.72. The highest BCUT2D eigenvalue weighted by molar-refractivity contribution is 8.03. The van der Waals surface area contributed by atoms with Crippen LogP contribution >= 0.6 is 79.8 Å². The summed E-state index contributed by atoms with van der Waals surface area (Å²) < 4.78 is 14.2. The molecule has 0 saturated carbocycles. The molecular formula is C34H22S7. The van der Waals surface area contributed by atoms with Crippen molar-refractivity contribution in [1.82, 2.24) is 0 Å². The van der Waals surface area contributed by atoms with E-state index in [1.807, 2.05) is 79.8 Å². The zero-order chi connectivity index (χ0) is 27.5. The first-order valence-corrected chi connectivity index (χ1v) is 18.8. The molecule has 0 unspecified atom stereocenters. The number of rotatable bonds is 6. The smallest absolute Gasteiger partial charge is 0.0675 e. The zero-order valence-corrected chi connectivity index (χ0v) is 27.8. The van der Waals surface area contributed by atoms with Crippen molar-refractivity contribution in [2.45, 2.75) is 22.3 Å². The van der Waals surface area contributed by atoms with E-state index in [-0.39, 0.29) is 0 Å². The molecule has 8 rings (SSSR count). The minimum atomic E-state index is 1.25. The number of benzene rings is 2. The molecule has 200 valence electrons. The quantitative estimate of drug-likeness (QED) is 0.172. The lowest BCUT2D eigenvalue weighted by molar-refractivity contribution is 1.46. The third-order valence-corrected chi connectivity index (χ3v) is 15.6. The lowest BCUT2D eigenvalue weighted by atomic mass is 10.1. The van der Waals surface area contributed by atoms with Crippen molar-refractivity contribution in [1.29, 1.82) is 0 Å². The Balaban J connectivity index is 1.03. The predicted octanol–water partition coefficient (Wildman–Crippen LogP) is 13.8. The molecule has 7 heteroatoms. The minimum Gasteiger partial charge on any atom is -0.133 e. The molecule has 6 aromatic heterocycles. The molecular weight excluding hydrogens is 633 g/mol. The van der Waals surface area contributed by atoms with Gasteiger partial charge in [0.1, 0.15) is 0 Å². The fourth-order valence-electron chi connectivity index (χ4n) is 4.74. The maximum absolute atomic E-state index is 2.40. The second kappa shape index (κ2) is 10.7. The highest BCUT2D eigenvalue weighted by Crippen LogP contribution is 2.51. The highest BCUT2D eigenvalue weighted by Gasteiger charge is 2.16. The second-order valence-corrected chi connectivity index (χ2v) is 18.0. The van der Waals surface area contributed by atoms with Gasteiger partial charge in [-0.1, -0.05) is 83.6 Å². The number of thiophene rings is 6. The third-order valence-electron chi connectivity index (χ3n) is 6.87. The molecule has 0 fully saturated rings. The maximum atomic E-state index is 2.40. The number of aryl methyl sites for hydroxylation is 2. The Bertz CT molecular complexity index is 2070. The Hall–Kier alpha value is -2.49. The summed E-state index contributed by atoms with van der Waals surface area (Å²) >= 11 is 13.5. The van der Waals surface area contributed by atoms with Crippen LogP contribution in [-0.2, 0) is 0 Å². The molecule has 0 spiro atoms. The van der Waals surface area contributed by atoms with E-state index >= 15 is 0 Å². The van der Waals surface area contributed by atoms with Gasteiger partial charge in [-0.2, -0.15) is 0 Å². The van der Waals surface area contributed by atoms with E-state index in [4.69, 9.17) is 0 Å². The van der Waals surface area contributed by atoms with E-state index in [1.54, 1.807) is 0 Å². The Morgan fingerprint density at radius 1 is 0.439 bits per heavy atom. The molecule has 0 nitrogen and oxygen atoms in total. The van der Waals surface area contributed by atoms with E-state index in [1.165, 1.54) is 78.0 Å². The van der Waals surface area contributed by atoms with Gasteiger partial charge in [0.2, 0.25) is 0 Å². The van der Waals surface area contributed by atoms with Gasteiger partial charge in [-0.25, -0.2) is 0 Å². The van der Waals surface area contributed by atoms with Gasteiger partial charge in [0, 0.05) is 28.6 Å². The molecule has 0 aliphatic rings. The van der Waals surface area contributed by atoms with Crippen LogP contribution in [0.3, 0.4) is 0 Å². The van der Waals surface area contributed by atoms with E-state index in [2.05, 4.69) is 111 Å². The van der Waals surface area contributed by atoms with Gasteiger partial charge in [0.25, 0.3) is 0 Å². The average molecular weight is 655 g/mol. The fraction of sp³-hybridized carbons (Fsp3) is 0.0588. The Morgan fingerprint density at radius 3 is 1.27 bits per heavy atom. The molecule has 0 atom stereocenters. The largest absolute Gasteiger partial charge is 0.133 e. The van der Waals surface area contributed by atoms with Crippen molar-refractivity contribution in [3.8, 4) is 0 Å². The monoisotopic (exact) mass is 654 g/mol. The van der Waals surface area contributed by atoms with Crippen molar-refractivity contribution >= 4 is 142 Å². The molecule has 0 bridgehead atoms. The third kappa shape index (κ3) is 5.19. The molecule has 6 heterocycles. The Morgan fingerprint density at radius 2 is 0.829 bits per heavy atom. The first-order chi connectivity index (χ1) is 20.0. The number of hydrogen-bond acceptors (Lipinski definition) is 7. The summed E-state index contributed by atoms with van der Waals surface area (Å²) in [6.07, 6.45) is 8.95. The summed E-state index contributed by atoms with van der Waals surface area (Å²) in [5.41, 5.74) is 5.09. The summed E-state index contributed by atoms with van der Waals surface area (Å²) in [7, 11) is 0. The predicted molar refractivity (Wildman–Crippen MR) is 195 cm³/mol. The maximum Gasteiger partial charge on any atom is 0.0675 e. The fourth-order valence-corrected chi connectivity index (χ4v) is 14.3. The standard InChI is InChI=1S/C34H22S7/c1-19-3-7-21(8-4-19)11-13-23-15-25-31(35-23)33-27(37-25)17-29(40-33)39-30-18-28-34(41-30)32-26(38-28)16-24(36-32)14-12-22-9-5-20(2)6-10-22/h3-18H,1-2H3. The summed E-state index contributed by atoms with van der Waals surface area (Å²) in [6.45, 7) is 4.26. The van der Waals surface area contributed by atoms with Crippen LogP contribution in [-0.4, -0.2) is 0 Å². The topological polar surface area (TPSA) is 0 Å². The van der Waals surface area contributed by atoms with Gasteiger partial charge in [0.15, 0.2) is 0 Å². The number of fused-ring (bicyclic) bond motifs is 6. The molecule has 8 aromatic rings. The molecule has 0 aliphatic heterocycles. The molecule has 2 aromatic carbocycles. The van der Waals surface area contributed by atoms with Crippen molar-refractivity contribution in [3.63, 3.8) is 0 Å². The zero-order valence-electron chi connectivity index (χ0n) is 22.1. The van der Waals surface area contributed by atoms with Crippen molar-refractivity contribution < 1.29 is 0 Å². The van der Waals surface area contributed by atoms with Crippen LogP contribution < -0.4 is 0 Å². The second-order valence-electron chi connectivity index (χ2n) is 10.00. The first-order valence-electron chi connectivity index (χ1n) is 13.1. The van der Waals surface area contributed by atoms with E-state index in [0.717, 1.165) is 0 Å². The van der Waals surface area contributed by atoms with Gasteiger partial charge in [-0.15, -0.1) is 68.0 Å². The summed E-state index contributed by atoms with van der Waals surface area (Å²) in [4.78, 5) is 2.64. The number of hydrogen-bond donors (Lipinski definition) is 0. The van der Waals surface area contributed by atoms with Gasteiger partial charge in [0.05, 0.1) is 27.2 Å². The minimum absolute atomic E-state index is 1.25. The van der Waals surface area contributed by atoms with Crippen molar-refractivity contribution in [3.05, 3.63) is 105 Å². The Kier molecular flexibility index (Phi) is 6.80. The van der Waals surface area contributed by atoms with Crippen LogP contribution in [0.1, 0.15) is 32.0 Å². The Labute approximate surface area is 266 Å². The van der Waals surface area contributed by atoms with Gasteiger partial charge in [-0.3, -0.25) is 0 Å². The van der Waals surface area contributed by atoms with Crippen LogP contribution in [0.25, 0.3) is 61.9 Å². The van der Waals surface area contributed by atoms with Crippen LogP contribution in [0, 0.1) is 13.8 Å². The van der Waals surface area contributed by atoms with E-state index < -0.39 is 0 Å². The SMILES string of the molecule is Cc1ccc(C=Cc2cc3sc4cc(Sc5cc6sc7cc(C=Cc8ccc(C)cc8)sc7c6s5)sc4c3s2)cc1. The average Bonchev–Trinajstić information content (AvgIpc) is 3.78. The van der Waals surface area contributed by atoms with Crippen LogP contribution in [0.2, 0.25) is 0 Å². The molecule has 0 aliphatic carbocycles. The highest BCUT2D eigenvalue weighted by atomic mass is 32.2. The van der Waals surface area contributed by atoms with Crippen molar-refractivity contribution in [2.24, 2.45) is 0 Å². The summed E-state index contributed by atoms with van der Waals surface area (Å²) in [5, 5.41) is 0. The van der Waals surface area contributed by atoms with Crippen LogP contribution in [0.5, 0.6) is 0 Å². The molecule has 0 N–H and O–H groups in total. The van der Waals surface area contributed by atoms with Crippen LogP contribution in [0.4, 0.5) is 0 Å². The first kappa shape index (κ1) is 26.2. The molecule has 0 saturated heterocycles. The summed E-state index contributed by atoms with van der Waals surface area (Å²) in [5.74, 6) is 0. The normalized spacial score (nSPS) is 12.5. The van der Waals surface area contributed by atoms with E-state index in [9.17, 15) is 0 Å². The van der Waals surface area contributed by atoms with E-state index in [0.29, 0.717) is 0 Å². The van der Waals surface area contributed by atoms with Gasteiger partial charge < -0.3 is 0 Å². The summed E-state index contributed by atoms with van der Waals surface area (Å²) in [6, 6.07) is 26.9. The lowest BCUT2D eigenvalue weighted by Gasteiger charge is -1.93. The van der Waals surface area contributed by atoms with Crippen LogP contribution in [0.15, 0.2) is 81.2 Å². The molecule has 0 amide bonds. The molecule has 41 heavy (non-hydrogen) atoms. The van der Waals surface area contributed by atoms with Crippen molar-refractivity contribution in [2.75, 3.05) is 0 Å².